The summed E-state index contributed by atoms with van der Waals surface area (Å²) in [4.78, 5) is 31.8. The van der Waals surface area contributed by atoms with Crippen LogP contribution in [-0.2, 0) is 4.79 Å². The van der Waals surface area contributed by atoms with Crippen LogP contribution in [0, 0.1) is 5.82 Å². The number of carbonyl (C=O) groups excluding carboxylic acids is 2. The second-order valence-corrected chi connectivity index (χ2v) is 8.05. The molecule has 3 aromatic rings. The van der Waals surface area contributed by atoms with Crippen molar-refractivity contribution in [3.63, 3.8) is 0 Å². The van der Waals surface area contributed by atoms with Gasteiger partial charge in [-0.05, 0) is 43.5 Å². The Balaban J connectivity index is 1.58. The van der Waals surface area contributed by atoms with Gasteiger partial charge in [0.25, 0.3) is 11.8 Å². The number of primary amides is 1. The lowest BCUT2D eigenvalue weighted by Crippen LogP contribution is -2.46. The van der Waals surface area contributed by atoms with Gasteiger partial charge in [-0.3, -0.25) is 14.6 Å². The largest absolute Gasteiger partial charge is 0.478 e. The molecule has 2 unspecified atom stereocenters. The van der Waals surface area contributed by atoms with Crippen molar-refractivity contribution < 1.29 is 18.7 Å². The van der Waals surface area contributed by atoms with E-state index in [1.807, 2.05) is 31.2 Å². The first-order valence-corrected chi connectivity index (χ1v) is 10.9. The molecule has 0 aliphatic carbocycles. The number of amides is 2. The van der Waals surface area contributed by atoms with E-state index in [0.717, 1.165) is 23.7 Å². The summed E-state index contributed by atoms with van der Waals surface area (Å²) in [6.07, 6.45) is 1.18. The molecule has 1 fully saturated rings. The van der Waals surface area contributed by atoms with Gasteiger partial charge in [0.2, 0.25) is 0 Å². The second kappa shape index (κ2) is 9.34. The van der Waals surface area contributed by atoms with Crippen LogP contribution in [0.4, 0.5) is 4.39 Å². The Labute approximate surface area is 186 Å². The lowest BCUT2D eigenvalue weighted by Gasteiger charge is -2.35. The Morgan fingerprint density at radius 2 is 1.97 bits per heavy atom. The zero-order valence-electron chi connectivity index (χ0n) is 18.0. The molecule has 2 amide bonds. The van der Waals surface area contributed by atoms with Gasteiger partial charge in [0.1, 0.15) is 0 Å². The fourth-order valence-corrected chi connectivity index (χ4v) is 4.25. The van der Waals surface area contributed by atoms with E-state index in [-0.39, 0.29) is 17.6 Å². The van der Waals surface area contributed by atoms with Crippen LogP contribution in [0.2, 0.25) is 0 Å². The summed E-state index contributed by atoms with van der Waals surface area (Å²) in [5.41, 5.74) is 7.45. The van der Waals surface area contributed by atoms with E-state index >= 15 is 0 Å². The van der Waals surface area contributed by atoms with Gasteiger partial charge < -0.3 is 15.4 Å². The maximum Gasteiger partial charge on any atom is 0.263 e. The standard InChI is InChI=1S/C25H26FN3O3/c1-2-21(32-22-12-6-4-10-19(22)26)25(31)29-13-7-9-17(15-29)23-18(24(27)30)14-16-8-3-5-11-20(16)28-23/h3-6,8,10-12,14,17,21H,2,7,9,13,15H2,1H3,(H2,27,30). The van der Waals surface area contributed by atoms with Gasteiger partial charge in [0.15, 0.2) is 17.7 Å². The number of pyridine rings is 1. The molecule has 32 heavy (non-hydrogen) atoms. The van der Waals surface area contributed by atoms with Crippen LogP contribution in [-0.4, -0.2) is 40.9 Å². The van der Waals surface area contributed by atoms with Gasteiger partial charge in [-0.1, -0.05) is 37.3 Å². The Bertz CT molecular complexity index is 1150. The van der Waals surface area contributed by atoms with E-state index in [2.05, 4.69) is 0 Å². The molecule has 0 spiro atoms. The molecule has 166 valence electrons. The minimum Gasteiger partial charge on any atom is -0.478 e. The smallest absolute Gasteiger partial charge is 0.263 e. The van der Waals surface area contributed by atoms with Crippen LogP contribution in [0.25, 0.3) is 10.9 Å². The van der Waals surface area contributed by atoms with Gasteiger partial charge in [0, 0.05) is 24.4 Å². The number of nitrogens with two attached hydrogens (primary N) is 1. The van der Waals surface area contributed by atoms with E-state index in [1.165, 1.54) is 12.1 Å². The predicted molar refractivity (Wildman–Crippen MR) is 120 cm³/mol. The number of fused-ring (bicyclic) bond motifs is 1. The van der Waals surface area contributed by atoms with E-state index < -0.39 is 17.8 Å². The van der Waals surface area contributed by atoms with Crippen molar-refractivity contribution in [3.8, 4) is 5.75 Å². The highest BCUT2D eigenvalue weighted by Crippen LogP contribution is 2.31. The molecule has 1 aliphatic heterocycles. The van der Waals surface area contributed by atoms with Crippen LogP contribution in [0.15, 0.2) is 54.6 Å². The quantitative estimate of drug-likeness (QED) is 0.633. The van der Waals surface area contributed by atoms with Gasteiger partial charge in [-0.15, -0.1) is 0 Å². The number of ether oxygens (including phenoxy) is 1. The number of carbonyl (C=O) groups is 2. The molecule has 1 aliphatic rings. The molecule has 0 bridgehead atoms. The third-order valence-electron chi connectivity index (χ3n) is 5.89. The minimum absolute atomic E-state index is 0.0634. The van der Waals surface area contributed by atoms with Crippen LogP contribution in [0.5, 0.6) is 5.75 Å². The average molecular weight is 435 g/mol. The lowest BCUT2D eigenvalue weighted by atomic mass is 9.90. The third-order valence-corrected chi connectivity index (χ3v) is 5.89. The molecule has 0 radical (unpaired) electrons. The maximum atomic E-state index is 14.0. The van der Waals surface area contributed by atoms with Crippen LogP contribution >= 0.6 is 0 Å². The topological polar surface area (TPSA) is 85.5 Å². The molecular formula is C25H26FN3O3. The van der Waals surface area contributed by atoms with Crippen molar-refractivity contribution in [1.29, 1.82) is 0 Å². The summed E-state index contributed by atoms with van der Waals surface area (Å²) in [6.45, 7) is 2.81. The Hall–Kier alpha value is -3.48. The molecule has 2 atom stereocenters. The summed E-state index contributed by atoms with van der Waals surface area (Å²) >= 11 is 0. The fraction of sp³-hybridized carbons (Fsp3) is 0.320. The highest BCUT2D eigenvalue weighted by molar-refractivity contribution is 5.97. The normalized spacial score (nSPS) is 17.2. The number of piperidine rings is 1. The monoisotopic (exact) mass is 435 g/mol. The van der Waals surface area contributed by atoms with Gasteiger partial charge in [-0.25, -0.2) is 4.39 Å². The zero-order chi connectivity index (χ0) is 22.7. The van der Waals surface area contributed by atoms with Gasteiger partial charge in [-0.2, -0.15) is 0 Å². The Morgan fingerprint density at radius 3 is 2.72 bits per heavy atom. The second-order valence-electron chi connectivity index (χ2n) is 8.05. The summed E-state index contributed by atoms with van der Waals surface area (Å²) < 4.78 is 19.7. The number of halogens is 1. The van der Waals surface area contributed by atoms with E-state index in [4.69, 9.17) is 15.5 Å². The van der Waals surface area contributed by atoms with Crippen LogP contribution in [0.3, 0.4) is 0 Å². The highest BCUT2D eigenvalue weighted by Gasteiger charge is 2.32. The Kier molecular flexibility index (Phi) is 6.35. The van der Waals surface area contributed by atoms with Crippen LogP contribution in [0.1, 0.15) is 48.2 Å². The summed E-state index contributed by atoms with van der Waals surface area (Å²) in [5, 5.41) is 0.845. The minimum atomic E-state index is -0.786. The van der Waals surface area contributed by atoms with Crippen molar-refractivity contribution in [2.75, 3.05) is 13.1 Å². The maximum absolute atomic E-state index is 14.0. The van der Waals surface area contributed by atoms with Crippen molar-refractivity contribution in [1.82, 2.24) is 9.88 Å². The summed E-state index contributed by atoms with van der Waals surface area (Å²) in [7, 11) is 0. The third kappa shape index (κ3) is 4.42. The predicted octanol–water partition coefficient (Wildman–Crippen LogP) is 4.04. The van der Waals surface area contributed by atoms with Crippen molar-refractivity contribution in [2.45, 2.75) is 38.2 Å². The van der Waals surface area contributed by atoms with E-state index in [0.29, 0.717) is 30.8 Å². The molecule has 7 heteroatoms. The number of benzene rings is 2. The fourth-order valence-electron chi connectivity index (χ4n) is 4.25. The van der Waals surface area contributed by atoms with Gasteiger partial charge in [0.05, 0.1) is 16.8 Å². The first-order valence-electron chi connectivity index (χ1n) is 10.9. The molecular weight excluding hydrogens is 409 g/mol. The lowest BCUT2D eigenvalue weighted by molar-refractivity contribution is -0.140. The molecule has 1 saturated heterocycles. The van der Waals surface area contributed by atoms with E-state index in [1.54, 1.807) is 23.1 Å². The van der Waals surface area contributed by atoms with Crippen LogP contribution < -0.4 is 10.5 Å². The molecule has 6 nitrogen and oxygen atoms in total. The molecule has 1 aromatic heterocycles. The number of hydrogen-bond donors (Lipinski definition) is 1. The van der Waals surface area contributed by atoms with Crippen molar-refractivity contribution in [2.24, 2.45) is 5.73 Å². The Morgan fingerprint density at radius 1 is 1.22 bits per heavy atom. The van der Waals surface area contributed by atoms with Crippen molar-refractivity contribution >= 4 is 22.7 Å². The van der Waals surface area contributed by atoms with Crippen molar-refractivity contribution in [3.05, 3.63) is 71.7 Å². The first kappa shape index (κ1) is 21.7. The molecule has 2 N–H and O–H groups in total. The van der Waals surface area contributed by atoms with E-state index in [9.17, 15) is 14.0 Å². The number of aromatic nitrogens is 1. The van der Waals surface area contributed by atoms with Gasteiger partial charge >= 0.3 is 0 Å². The number of para-hydroxylation sites is 2. The summed E-state index contributed by atoms with van der Waals surface area (Å²) in [5.74, 6) is -1.28. The number of rotatable bonds is 6. The first-order chi connectivity index (χ1) is 15.5. The molecule has 2 heterocycles. The highest BCUT2D eigenvalue weighted by atomic mass is 19.1. The number of likely N-dealkylation sites (tertiary alicyclic amines) is 1. The molecule has 0 saturated carbocycles. The molecule has 4 rings (SSSR count). The SMILES string of the molecule is CCC(Oc1ccccc1F)C(=O)N1CCCC(c2nc3ccccc3cc2C(N)=O)C1. The number of nitrogens with zero attached hydrogens (tertiary/aromatic N) is 2. The average Bonchev–Trinajstić information content (AvgIpc) is 2.82. The molecule has 2 aromatic carbocycles. The number of hydrogen-bond acceptors (Lipinski definition) is 4. The zero-order valence-corrected chi connectivity index (χ0v) is 18.0. The summed E-state index contributed by atoms with van der Waals surface area (Å²) in [6, 6.07) is 15.4.